The molecule has 1 aliphatic carbocycles. The molecule has 0 bridgehead atoms. The summed E-state index contributed by atoms with van der Waals surface area (Å²) in [4.78, 5) is 13.3. The minimum absolute atomic E-state index is 0.0984. The maximum absolute atomic E-state index is 11.5. The van der Waals surface area contributed by atoms with Crippen molar-refractivity contribution in [3.8, 4) is 0 Å². The van der Waals surface area contributed by atoms with E-state index >= 15 is 0 Å². The van der Waals surface area contributed by atoms with Crippen molar-refractivity contribution >= 4 is 5.91 Å². The van der Waals surface area contributed by atoms with Crippen molar-refractivity contribution in [2.24, 2.45) is 5.92 Å². The van der Waals surface area contributed by atoms with Crippen LogP contribution in [0.25, 0.3) is 0 Å². The predicted molar refractivity (Wildman–Crippen MR) is 51.4 cm³/mol. The van der Waals surface area contributed by atoms with Gasteiger partial charge in [-0.15, -0.1) is 0 Å². The Morgan fingerprint density at radius 3 is 2.69 bits per heavy atom. The van der Waals surface area contributed by atoms with Crippen LogP contribution in [0.2, 0.25) is 0 Å². The Hall–Kier alpha value is -0.570. The molecule has 3 nitrogen and oxygen atoms in total. The van der Waals surface area contributed by atoms with Crippen LogP contribution in [0.1, 0.15) is 26.7 Å². The van der Waals surface area contributed by atoms with E-state index in [-0.39, 0.29) is 12.5 Å². The lowest BCUT2D eigenvalue weighted by molar-refractivity contribution is -0.136. The zero-order chi connectivity index (χ0) is 9.84. The van der Waals surface area contributed by atoms with Gasteiger partial charge in [-0.1, -0.05) is 0 Å². The Morgan fingerprint density at radius 2 is 2.23 bits per heavy atom. The smallest absolute Gasteiger partial charge is 0.248 e. The number of likely N-dealkylation sites (N-methyl/N-ethyl adjacent to an activating group) is 1. The summed E-state index contributed by atoms with van der Waals surface area (Å²) in [5.41, 5.74) is 0. The summed E-state index contributed by atoms with van der Waals surface area (Å²) in [6.07, 6.45) is 2.54. The first-order chi connectivity index (χ1) is 6.16. The molecule has 1 atom stereocenters. The summed E-state index contributed by atoms with van der Waals surface area (Å²) in [6.45, 7) is 4.85. The van der Waals surface area contributed by atoms with Crippen molar-refractivity contribution < 1.29 is 9.53 Å². The van der Waals surface area contributed by atoms with Gasteiger partial charge in [0.15, 0.2) is 0 Å². The van der Waals surface area contributed by atoms with Gasteiger partial charge in [0.1, 0.15) is 6.61 Å². The van der Waals surface area contributed by atoms with Crippen LogP contribution in [0.3, 0.4) is 0 Å². The second-order valence-corrected chi connectivity index (χ2v) is 3.72. The summed E-state index contributed by atoms with van der Waals surface area (Å²) >= 11 is 0. The molecule has 0 aromatic heterocycles. The van der Waals surface area contributed by atoms with Crippen LogP contribution >= 0.6 is 0 Å². The quantitative estimate of drug-likeness (QED) is 0.645. The monoisotopic (exact) mass is 185 g/mol. The van der Waals surface area contributed by atoms with Crippen LogP contribution in [-0.4, -0.2) is 37.1 Å². The molecular formula is C10H19NO2. The first-order valence-corrected chi connectivity index (χ1v) is 5.00. The van der Waals surface area contributed by atoms with Gasteiger partial charge in [-0.25, -0.2) is 0 Å². The molecule has 1 fully saturated rings. The number of carbonyl (C=O) groups excluding carboxylic acids is 1. The first kappa shape index (κ1) is 10.5. The van der Waals surface area contributed by atoms with Gasteiger partial charge in [0.25, 0.3) is 0 Å². The topological polar surface area (TPSA) is 29.5 Å². The lowest BCUT2D eigenvalue weighted by atomic mass is 10.2. The lowest BCUT2D eigenvalue weighted by Crippen LogP contribution is -2.38. The SMILES string of the molecule is CCOCC(=O)N(C)C(C)C1CC1. The molecule has 0 saturated heterocycles. The second kappa shape index (κ2) is 4.61. The van der Waals surface area contributed by atoms with Crippen LogP contribution < -0.4 is 0 Å². The number of hydrogen-bond donors (Lipinski definition) is 0. The molecule has 1 rings (SSSR count). The summed E-state index contributed by atoms with van der Waals surface area (Å²) in [5.74, 6) is 0.830. The van der Waals surface area contributed by atoms with Crippen LogP contribution in [0.4, 0.5) is 0 Å². The Morgan fingerprint density at radius 1 is 1.62 bits per heavy atom. The highest BCUT2D eigenvalue weighted by molar-refractivity contribution is 5.77. The van der Waals surface area contributed by atoms with Crippen molar-refractivity contribution in [3.63, 3.8) is 0 Å². The molecule has 0 spiro atoms. The third kappa shape index (κ3) is 2.99. The maximum Gasteiger partial charge on any atom is 0.248 e. The molecule has 1 unspecified atom stereocenters. The fourth-order valence-corrected chi connectivity index (χ4v) is 1.41. The average molecular weight is 185 g/mol. The minimum Gasteiger partial charge on any atom is -0.372 e. The Bertz CT molecular complexity index is 178. The van der Waals surface area contributed by atoms with E-state index in [1.165, 1.54) is 12.8 Å². The van der Waals surface area contributed by atoms with Gasteiger partial charge in [-0.2, -0.15) is 0 Å². The molecule has 0 radical (unpaired) electrons. The molecule has 0 aromatic rings. The summed E-state index contributed by atoms with van der Waals surface area (Å²) in [7, 11) is 1.87. The van der Waals surface area contributed by atoms with Crippen molar-refractivity contribution in [3.05, 3.63) is 0 Å². The number of ether oxygens (including phenoxy) is 1. The van der Waals surface area contributed by atoms with E-state index in [4.69, 9.17) is 4.74 Å². The van der Waals surface area contributed by atoms with E-state index in [9.17, 15) is 4.79 Å². The van der Waals surface area contributed by atoms with Gasteiger partial charge in [-0.05, 0) is 32.6 Å². The van der Waals surface area contributed by atoms with Crippen molar-refractivity contribution in [1.29, 1.82) is 0 Å². The van der Waals surface area contributed by atoms with E-state index in [1.54, 1.807) is 0 Å². The zero-order valence-corrected chi connectivity index (χ0v) is 8.75. The van der Waals surface area contributed by atoms with E-state index in [1.807, 2.05) is 18.9 Å². The molecule has 0 aromatic carbocycles. The zero-order valence-electron chi connectivity index (χ0n) is 8.75. The highest BCUT2D eigenvalue weighted by Crippen LogP contribution is 2.34. The number of amides is 1. The summed E-state index contributed by atoms with van der Waals surface area (Å²) in [5, 5.41) is 0. The predicted octanol–water partition coefficient (Wildman–Crippen LogP) is 1.28. The van der Waals surface area contributed by atoms with Crippen LogP contribution in [0.15, 0.2) is 0 Å². The summed E-state index contributed by atoms with van der Waals surface area (Å²) < 4.78 is 5.08. The van der Waals surface area contributed by atoms with Gasteiger partial charge in [-0.3, -0.25) is 4.79 Å². The third-order valence-electron chi connectivity index (χ3n) is 2.74. The average Bonchev–Trinajstić information content (AvgIpc) is 2.94. The van der Waals surface area contributed by atoms with Gasteiger partial charge in [0.2, 0.25) is 5.91 Å². The molecule has 1 saturated carbocycles. The Balaban J connectivity index is 2.27. The molecular weight excluding hydrogens is 166 g/mol. The molecule has 0 heterocycles. The molecule has 0 N–H and O–H groups in total. The molecule has 13 heavy (non-hydrogen) atoms. The first-order valence-electron chi connectivity index (χ1n) is 5.00. The minimum atomic E-state index is 0.0984. The number of nitrogens with zero attached hydrogens (tertiary/aromatic N) is 1. The van der Waals surface area contributed by atoms with Crippen LogP contribution in [0, 0.1) is 5.92 Å². The van der Waals surface area contributed by atoms with Crippen LogP contribution in [0.5, 0.6) is 0 Å². The number of hydrogen-bond acceptors (Lipinski definition) is 2. The molecule has 1 amide bonds. The fourth-order valence-electron chi connectivity index (χ4n) is 1.41. The van der Waals surface area contributed by atoms with E-state index in [0.29, 0.717) is 12.6 Å². The van der Waals surface area contributed by atoms with E-state index < -0.39 is 0 Å². The lowest BCUT2D eigenvalue weighted by Gasteiger charge is -2.24. The van der Waals surface area contributed by atoms with Gasteiger partial charge >= 0.3 is 0 Å². The molecule has 3 heteroatoms. The number of rotatable bonds is 5. The van der Waals surface area contributed by atoms with E-state index in [2.05, 4.69) is 6.92 Å². The highest BCUT2D eigenvalue weighted by Gasteiger charge is 2.32. The molecule has 1 aliphatic rings. The second-order valence-electron chi connectivity index (χ2n) is 3.72. The molecule has 0 aliphatic heterocycles. The van der Waals surface area contributed by atoms with Crippen molar-refractivity contribution in [1.82, 2.24) is 4.90 Å². The van der Waals surface area contributed by atoms with Crippen molar-refractivity contribution in [2.75, 3.05) is 20.3 Å². The van der Waals surface area contributed by atoms with Gasteiger partial charge in [0, 0.05) is 19.7 Å². The van der Waals surface area contributed by atoms with Gasteiger partial charge in [0.05, 0.1) is 0 Å². The normalized spacial score (nSPS) is 18.4. The van der Waals surface area contributed by atoms with Crippen molar-refractivity contribution in [2.45, 2.75) is 32.7 Å². The summed E-state index contributed by atoms with van der Waals surface area (Å²) in [6, 6.07) is 0.382. The maximum atomic E-state index is 11.5. The van der Waals surface area contributed by atoms with E-state index in [0.717, 1.165) is 5.92 Å². The van der Waals surface area contributed by atoms with Gasteiger partial charge < -0.3 is 9.64 Å². The molecule has 76 valence electrons. The number of carbonyl (C=O) groups is 1. The standard InChI is InChI=1S/C10H19NO2/c1-4-13-7-10(12)11(3)8(2)9-5-6-9/h8-9H,4-7H2,1-3H3. The Kier molecular flexibility index (Phi) is 3.72. The fraction of sp³-hybridized carbons (Fsp3) is 0.900. The third-order valence-corrected chi connectivity index (χ3v) is 2.74. The Labute approximate surface area is 80.1 Å². The largest absolute Gasteiger partial charge is 0.372 e. The van der Waals surface area contributed by atoms with Crippen LogP contribution in [-0.2, 0) is 9.53 Å². The highest BCUT2D eigenvalue weighted by atomic mass is 16.5.